The van der Waals surface area contributed by atoms with E-state index in [9.17, 15) is 39.6 Å². The Hall–Kier alpha value is -3.08. The minimum atomic E-state index is -2.23. The number of allylic oxidation sites excluding steroid dienone is 6. The molecule has 1 saturated carbocycles. The topological polar surface area (TPSA) is 199 Å². The van der Waals surface area contributed by atoms with E-state index in [1.54, 1.807) is 41.1 Å². The molecule has 1 aliphatic carbocycles. The van der Waals surface area contributed by atoms with Crippen molar-refractivity contribution in [3.05, 3.63) is 47.6 Å². The molecular formula is C51H81NO13. The molecule has 14 heteroatoms. The first-order valence-electron chi connectivity index (χ1n) is 24.1. The molecular weight excluding hydrogens is 835 g/mol. The van der Waals surface area contributed by atoms with Crippen LogP contribution in [0, 0.1) is 35.5 Å². The Kier molecular flexibility index (Phi) is 21.3. The van der Waals surface area contributed by atoms with Gasteiger partial charge in [0, 0.05) is 58.5 Å². The van der Waals surface area contributed by atoms with Gasteiger partial charge in [0.1, 0.15) is 18.2 Å². The Bertz CT molecular complexity index is 1710. The van der Waals surface area contributed by atoms with Crippen molar-refractivity contribution >= 4 is 23.4 Å². The normalized spacial score (nSPS) is 39.0. The number of Topliss-reactive ketones (excluding diaryl/α,β-unsaturated/α-hetero) is 2. The van der Waals surface area contributed by atoms with Crippen LogP contribution in [0.15, 0.2) is 47.6 Å². The first-order chi connectivity index (χ1) is 30.7. The van der Waals surface area contributed by atoms with Gasteiger partial charge >= 0.3 is 5.97 Å². The number of methoxy groups -OCH3 is 3. The Morgan fingerprint density at radius 2 is 1.58 bits per heavy atom. The van der Waals surface area contributed by atoms with Gasteiger partial charge in [-0.25, -0.2) is 4.79 Å². The number of cyclic esters (lactones) is 1. The van der Waals surface area contributed by atoms with E-state index in [0.717, 1.165) is 12.0 Å². The SMILES string of the molecule is CO[C@H]1C[C@@H]2CC[C@@H](C)[C@@](O)(O2)[C@H](O)C(=O)N2CCCCC2C(=O)OC([C@H](C)CC2CC[C@@H](O)[C@H](OC)C2)CC(=O)C(C)=CC(C)C(O)[C@@H](OC)C(=O)C(C)CC(C)C=CC=CC=C1C. The van der Waals surface area contributed by atoms with Crippen LogP contribution < -0.4 is 0 Å². The number of ether oxygens (including phenoxy) is 5. The fourth-order valence-corrected chi connectivity index (χ4v) is 10.3. The zero-order valence-electron chi connectivity index (χ0n) is 40.7. The number of hydrogen-bond donors (Lipinski definition) is 4. The van der Waals surface area contributed by atoms with Gasteiger partial charge in [0.05, 0.1) is 30.5 Å². The summed E-state index contributed by atoms with van der Waals surface area (Å²) in [6, 6.07) is -1.08. The molecule has 4 rings (SSSR count). The van der Waals surface area contributed by atoms with E-state index in [1.165, 1.54) is 12.0 Å². The number of ketones is 2. The predicted octanol–water partition coefficient (Wildman–Crippen LogP) is 5.97. The van der Waals surface area contributed by atoms with Crippen LogP contribution >= 0.6 is 0 Å². The first kappa shape index (κ1) is 54.5. The van der Waals surface area contributed by atoms with Crippen molar-refractivity contribution in [1.29, 1.82) is 0 Å². The first-order valence-corrected chi connectivity index (χ1v) is 24.1. The summed E-state index contributed by atoms with van der Waals surface area (Å²) in [6.45, 7) is 12.9. The monoisotopic (exact) mass is 916 g/mol. The lowest BCUT2D eigenvalue weighted by Crippen LogP contribution is -2.63. The Morgan fingerprint density at radius 1 is 0.862 bits per heavy atom. The van der Waals surface area contributed by atoms with Crippen LogP contribution in [0.5, 0.6) is 0 Å². The molecule has 3 fully saturated rings. The van der Waals surface area contributed by atoms with Crippen molar-refractivity contribution in [3.63, 3.8) is 0 Å². The molecule has 3 heterocycles. The Balaban J connectivity index is 1.70. The number of esters is 1. The number of hydrogen-bond acceptors (Lipinski definition) is 13. The van der Waals surface area contributed by atoms with E-state index in [0.29, 0.717) is 63.4 Å². The molecule has 0 radical (unpaired) electrons. The van der Waals surface area contributed by atoms with Crippen LogP contribution in [-0.2, 0) is 42.9 Å². The molecule has 7 unspecified atom stereocenters. The van der Waals surface area contributed by atoms with E-state index >= 15 is 0 Å². The zero-order chi connectivity index (χ0) is 48.2. The quantitative estimate of drug-likeness (QED) is 0.228. The fraction of sp³-hybridized carbons (Fsp3) is 0.765. The number of piperidine rings is 1. The molecule has 2 bridgehead atoms. The van der Waals surface area contributed by atoms with Crippen molar-refractivity contribution in [2.45, 2.75) is 186 Å². The van der Waals surface area contributed by atoms with Gasteiger partial charge in [-0.15, -0.1) is 0 Å². The number of nitrogens with zero attached hydrogens (tertiary/aromatic N) is 1. The third-order valence-electron chi connectivity index (χ3n) is 14.7. The molecule has 0 spiro atoms. The smallest absolute Gasteiger partial charge is 0.329 e. The summed E-state index contributed by atoms with van der Waals surface area (Å²) in [7, 11) is 4.55. The minimum absolute atomic E-state index is 0.0291. The van der Waals surface area contributed by atoms with Crippen molar-refractivity contribution in [2.75, 3.05) is 27.9 Å². The Morgan fingerprint density at radius 3 is 2.26 bits per heavy atom. The van der Waals surface area contributed by atoms with Gasteiger partial charge in [-0.3, -0.25) is 14.4 Å². The maximum Gasteiger partial charge on any atom is 0.329 e. The third kappa shape index (κ3) is 14.5. The number of aliphatic hydroxyl groups excluding tert-OH is 3. The second kappa shape index (κ2) is 25.3. The molecule has 368 valence electrons. The summed E-state index contributed by atoms with van der Waals surface area (Å²) in [4.78, 5) is 57.8. The average Bonchev–Trinajstić information content (AvgIpc) is 3.28. The highest BCUT2D eigenvalue weighted by atomic mass is 16.6. The molecule has 4 aliphatic rings. The molecule has 3 aliphatic heterocycles. The lowest BCUT2D eigenvalue weighted by atomic mass is 9.78. The van der Waals surface area contributed by atoms with E-state index in [-0.39, 0.29) is 60.9 Å². The molecule has 1 amide bonds. The number of carbonyl (C=O) groups is 4. The summed E-state index contributed by atoms with van der Waals surface area (Å²) in [5, 5.41) is 45.7. The lowest BCUT2D eigenvalue weighted by molar-refractivity contribution is -0.317. The number of aliphatic hydroxyl groups is 4. The van der Waals surface area contributed by atoms with Crippen molar-refractivity contribution in [1.82, 2.24) is 4.90 Å². The minimum Gasteiger partial charge on any atom is -0.460 e. The van der Waals surface area contributed by atoms with Gasteiger partial charge in [0.2, 0.25) is 5.79 Å². The highest BCUT2D eigenvalue weighted by molar-refractivity contribution is 5.95. The third-order valence-corrected chi connectivity index (χ3v) is 14.7. The van der Waals surface area contributed by atoms with Gasteiger partial charge in [0.25, 0.3) is 5.91 Å². The van der Waals surface area contributed by atoms with Crippen LogP contribution in [0.4, 0.5) is 0 Å². The van der Waals surface area contributed by atoms with Gasteiger partial charge in [0.15, 0.2) is 17.7 Å². The molecule has 2 saturated heterocycles. The second-order valence-corrected chi connectivity index (χ2v) is 19.8. The van der Waals surface area contributed by atoms with Crippen LogP contribution in [-0.4, -0.2) is 137 Å². The van der Waals surface area contributed by atoms with E-state index < -0.39 is 78.1 Å². The maximum absolute atomic E-state index is 14.4. The summed E-state index contributed by atoms with van der Waals surface area (Å²) in [5.41, 5.74) is 1.23. The largest absolute Gasteiger partial charge is 0.460 e. The van der Waals surface area contributed by atoms with E-state index in [1.807, 2.05) is 58.1 Å². The maximum atomic E-state index is 14.4. The number of rotatable bonds is 6. The lowest BCUT2D eigenvalue weighted by Gasteiger charge is -2.46. The average molecular weight is 916 g/mol. The number of carbonyl (C=O) groups excluding carboxylic acids is 4. The van der Waals surface area contributed by atoms with Gasteiger partial charge in [-0.2, -0.15) is 0 Å². The van der Waals surface area contributed by atoms with Crippen LogP contribution in [0.2, 0.25) is 0 Å². The molecule has 16 atom stereocenters. The van der Waals surface area contributed by atoms with Crippen molar-refractivity contribution < 1.29 is 63.3 Å². The summed E-state index contributed by atoms with van der Waals surface area (Å²) >= 11 is 0. The van der Waals surface area contributed by atoms with Crippen LogP contribution in [0.3, 0.4) is 0 Å². The molecule has 14 nitrogen and oxygen atoms in total. The second-order valence-electron chi connectivity index (χ2n) is 19.8. The molecule has 0 aromatic heterocycles. The summed E-state index contributed by atoms with van der Waals surface area (Å²) in [5.74, 6) is -6.20. The summed E-state index contributed by atoms with van der Waals surface area (Å²) < 4.78 is 29.5. The van der Waals surface area contributed by atoms with E-state index in [4.69, 9.17) is 23.7 Å². The number of fused-ring (bicyclic) bond motifs is 3. The van der Waals surface area contributed by atoms with Gasteiger partial charge < -0.3 is 49.0 Å². The van der Waals surface area contributed by atoms with Gasteiger partial charge in [-0.05, 0) is 107 Å². The standard InChI is InChI=1S/C51H81NO13/c1-30-16-12-11-13-17-31(2)42(61-8)28-38-21-19-36(7)51(60,65-38)48(57)49(58)52-23-15-14-18-39(52)50(59)64-43(33(4)26-37-20-22-40(53)44(27-37)62-9)29-41(54)32(3)25-35(6)46(56)47(63-10)45(55)34(5)24-30/h11-13,16-17,25,30,33-40,42-44,46-48,53,56-57,60H,14-15,18-24,26-29H2,1-10H3/t30?,33-,34?,35?,36-,37?,38+,39?,40-,42+,43?,44-,46?,47+,48-,51-/m1/s1. The van der Waals surface area contributed by atoms with Crippen molar-refractivity contribution in [2.24, 2.45) is 35.5 Å². The van der Waals surface area contributed by atoms with E-state index in [2.05, 4.69) is 0 Å². The van der Waals surface area contributed by atoms with Crippen molar-refractivity contribution in [3.8, 4) is 0 Å². The molecule has 0 aromatic rings. The predicted molar refractivity (Wildman–Crippen MR) is 246 cm³/mol. The summed E-state index contributed by atoms with van der Waals surface area (Å²) in [6.07, 6.45) is 9.77. The number of amides is 1. The Labute approximate surface area is 387 Å². The molecule has 4 N–H and O–H groups in total. The van der Waals surface area contributed by atoms with Crippen LogP contribution in [0.25, 0.3) is 0 Å². The fourth-order valence-electron chi connectivity index (χ4n) is 10.3. The highest BCUT2D eigenvalue weighted by Crippen LogP contribution is 2.39. The zero-order valence-corrected chi connectivity index (χ0v) is 40.7. The van der Waals surface area contributed by atoms with Gasteiger partial charge in [-0.1, -0.05) is 71.1 Å². The molecule has 0 aromatic carbocycles. The van der Waals surface area contributed by atoms with Crippen LogP contribution in [0.1, 0.15) is 126 Å². The highest BCUT2D eigenvalue weighted by Gasteiger charge is 2.53. The molecule has 65 heavy (non-hydrogen) atoms.